The molecule has 7 heteroatoms. The number of ketones is 1. The Labute approximate surface area is 141 Å². The number of hydrogen-bond donors (Lipinski definition) is 2. The van der Waals surface area contributed by atoms with Gasteiger partial charge in [0.1, 0.15) is 5.69 Å². The minimum atomic E-state index is 0.0643. The van der Waals surface area contributed by atoms with Crippen LogP contribution in [0.25, 0.3) is 11.6 Å². The van der Waals surface area contributed by atoms with Crippen LogP contribution in [-0.4, -0.2) is 52.5 Å². The Bertz CT molecular complexity index is 733. The summed E-state index contributed by atoms with van der Waals surface area (Å²) in [5.41, 5.74) is 3.37. The number of hydrogen-bond acceptors (Lipinski definition) is 6. The lowest BCUT2D eigenvalue weighted by atomic mass is 10.0. The van der Waals surface area contributed by atoms with Gasteiger partial charge in [0.25, 0.3) is 5.89 Å². The summed E-state index contributed by atoms with van der Waals surface area (Å²) < 4.78 is 5.53. The van der Waals surface area contributed by atoms with Crippen molar-refractivity contribution in [2.24, 2.45) is 0 Å². The van der Waals surface area contributed by atoms with Gasteiger partial charge in [-0.3, -0.25) is 9.69 Å². The second-order valence-corrected chi connectivity index (χ2v) is 6.44. The molecule has 2 N–H and O–H groups in total. The Morgan fingerprint density at radius 1 is 1.46 bits per heavy atom. The van der Waals surface area contributed by atoms with Gasteiger partial charge in [-0.2, -0.15) is 4.98 Å². The lowest BCUT2D eigenvalue weighted by Gasteiger charge is -2.30. The number of nitrogens with zero attached hydrogens (tertiary/aromatic N) is 3. The maximum absolute atomic E-state index is 12.0. The summed E-state index contributed by atoms with van der Waals surface area (Å²) in [4.78, 5) is 22.1. The summed E-state index contributed by atoms with van der Waals surface area (Å²) in [5, 5.41) is 7.54. The number of carbonyl (C=O) groups excluding carboxylic acids is 1. The fourth-order valence-electron chi connectivity index (χ4n) is 3.40. The van der Waals surface area contributed by atoms with Crippen molar-refractivity contribution in [3.63, 3.8) is 0 Å². The van der Waals surface area contributed by atoms with E-state index in [4.69, 9.17) is 4.52 Å². The number of aromatic nitrogens is 3. The monoisotopic (exact) mass is 331 g/mol. The number of aromatic amines is 1. The average molecular weight is 331 g/mol. The lowest BCUT2D eigenvalue weighted by molar-refractivity contribution is 0.101. The first-order valence-corrected chi connectivity index (χ1v) is 8.50. The predicted octanol–water partition coefficient (Wildman–Crippen LogP) is 2.10. The molecule has 1 aliphatic rings. The highest BCUT2D eigenvalue weighted by Crippen LogP contribution is 2.30. The lowest BCUT2D eigenvalue weighted by Crippen LogP contribution is -2.44. The maximum Gasteiger partial charge on any atom is 0.274 e. The van der Waals surface area contributed by atoms with Gasteiger partial charge in [-0.05, 0) is 32.9 Å². The standard InChI is InChI=1S/C17H25N5O2/c1-5-6-12-14(11(3)23)10(2)19-15(12)17-20-16(21-24-17)13-9-18-7-8-22(13)4/h13,18-19H,5-9H2,1-4H3. The van der Waals surface area contributed by atoms with E-state index in [2.05, 4.69) is 39.3 Å². The van der Waals surface area contributed by atoms with Gasteiger partial charge in [-0.25, -0.2) is 0 Å². The second kappa shape index (κ2) is 6.86. The summed E-state index contributed by atoms with van der Waals surface area (Å²) >= 11 is 0. The molecular weight excluding hydrogens is 306 g/mol. The number of likely N-dealkylation sites (N-methyl/N-ethyl adjacent to an activating group) is 1. The van der Waals surface area contributed by atoms with Gasteiger partial charge in [0.2, 0.25) is 0 Å². The fourth-order valence-corrected chi connectivity index (χ4v) is 3.40. The quantitative estimate of drug-likeness (QED) is 0.816. The molecule has 1 aliphatic heterocycles. The summed E-state index contributed by atoms with van der Waals surface area (Å²) in [7, 11) is 2.07. The van der Waals surface area contributed by atoms with Crippen molar-refractivity contribution in [1.82, 2.24) is 25.3 Å². The van der Waals surface area contributed by atoms with Crippen molar-refractivity contribution in [1.29, 1.82) is 0 Å². The van der Waals surface area contributed by atoms with E-state index in [-0.39, 0.29) is 11.8 Å². The Kier molecular flexibility index (Phi) is 4.82. The molecule has 3 rings (SSSR count). The summed E-state index contributed by atoms with van der Waals surface area (Å²) in [6.45, 7) is 8.33. The normalized spacial score (nSPS) is 18.9. The number of rotatable bonds is 5. The zero-order valence-corrected chi connectivity index (χ0v) is 14.8. The van der Waals surface area contributed by atoms with E-state index < -0.39 is 0 Å². The molecule has 2 aromatic rings. The van der Waals surface area contributed by atoms with Gasteiger partial charge in [-0.1, -0.05) is 18.5 Å². The number of carbonyl (C=O) groups is 1. The van der Waals surface area contributed by atoms with Crippen LogP contribution in [0.4, 0.5) is 0 Å². The first-order valence-electron chi connectivity index (χ1n) is 8.50. The van der Waals surface area contributed by atoms with Gasteiger partial charge in [-0.15, -0.1) is 0 Å². The molecule has 1 unspecified atom stereocenters. The van der Waals surface area contributed by atoms with Gasteiger partial charge in [0, 0.05) is 30.9 Å². The van der Waals surface area contributed by atoms with E-state index in [1.54, 1.807) is 6.92 Å². The predicted molar refractivity (Wildman–Crippen MR) is 91.1 cm³/mol. The third kappa shape index (κ3) is 3.01. The Morgan fingerprint density at radius 2 is 2.25 bits per heavy atom. The second-order valence-electron chi connectivity index (χ2n) is 6.44. The molecule has 7 nitrogen and oxygen atoms in total. The van der Waals surface area contributed by atoms with Crippen molar-refractivity contribution in [3.8, 4) is 11.6 Å². The number of aryl methyl sites for hydroxylation is 1. The maximum atomic E-state index is 12.0. The Balaban J connectivity index is 1.98. The zero-order valence-electron chi connectivity index (χ0n) is 14.8. The molecule has 0 amide bonds. The fraction of sp³-hybridized carbons (Fsp3) is 0.588. The van der Waals surface area contributed by atoms with Crippen molar-refractivity contribution in [3.05, 3.63) is 22.6 Å². The van der Waals surface area contributed by atoms with Crippen LogP contribution >= 0.6 is 0 Å². The molecule has 0 radical (unpaired) electrons. The molecular formula is C17H25N5O2. The molecule has 0 bridgehead atoms. The van der Waals surface area contributed by atoms with E-state index in [0.29, 0.717) is 11.7 Å². The first-order chi connectivity index (χ1) is 11.5. The van der Waals surface area contributed by atoms with Crippen LogP contribution in [0.15, 0.2) is 4.52 Å². The molecule has 0 spiro atoms. The Morgan fingerprint density at radius 3 is 2.92 bits per heavy atom. The number of H-pyrrole nitrogens is 1. The van der Waals surface area contributed by atoms with E-state index in [9.17, 15) is 4.79 Å². The molecule has 1 atom stereocenters. The van der Waals surface area contributed by atoms with Crippen molar-refractivity contribution < 1.29 is 9.32 Å². The van der Waals surface area contributed by atoms with Crippen molar-refractivity contribution in [2.45, 2.75) is 39.7 Å². The van der Waals surface area contributed by atoms with Crippen LogP contribution in [-0.2, 0) is 6.42 Å². The molecule has 0 saturated carbocycles. The molecule has 1 saturated heterocycles. The third-order valence-corrected chi connectivity index (χ3v) is 4.61. The third-order valence-electron chi connectivity index (χ3n) is 4.61. The number of piperazine rings is 1. The molecule has 24 heavy (non-hydrogen) atoms. The highest BCUT2D eigenvalue weighted by Gasteiger charge is 2.27. The highest BCUT2D eigenvalue weighted by molar-refractivity contribution is 5.98. The summed E-state index contributed by atoms with van der Waals surface area (Å²) in [6, 6.07) is 0.106. The largest absolute Gasteiger partial charge is 0.354 e. The van der Waals surface area contributed by atoms with Crippen LogP contribution < -0.4 is 5.32 Å². The van der Waals surface area contributed by atoms with Gasteiger partial charge >= 0.3 is 0 Å². The van der Waals surface area contributed by atoms with Crippen molar-refractivity contribution >= 4 is 5.78 Å². The summed E-state index contributed by atoms with van der Waals surface area (Å²) in [5.74, 6) is 1.20. The van der Waals surface area contributed by atoms with Crippen LogP contribution in [0.1, 0.15) is 53.7 Å². The number of Topliss-reactive ketones (excluding diaryl/α,β-unsaturated/α-hetero) is 1. The van der Waals surface area contributed by atoms with E-state index in [1.807, 2.05) is 6.92 Å². The van der Waals surface area contributed by atoms with Crippen molar-refractivity contribution in [2.75, 3.05) is 26.7 Å². The van der Waals surface area contributed by atoms with Crippen LogP contribution in [0, 0.1) is 6.92 Å². The Hall–Kier alpha value is -1.99. The van der Waals surface area contributed by atoms with Gasteiger partial charge < -0.3 is 14.8 Å². The van der Waals surface area contributed by atoms with E-state index in [1.165, 1.54) is 0 Å². The zero-order chi connectivity index (χ0) is 17.3. The topological polar surface area (TPSA) is 87.1 Å². The van der Waals surface area contributed by atoms with E-state index >= 15 is 0 Å². The molecule has 130 valence electrons. The minimum Gasteiger partial charge on any atom is -0.354 e. The van der Waals surface area contributed by atoms with E-state index in [0.717, 1.165) is 55.0 Å². The highest BCUT2D eigenvalue weighted by atomic mass is 16.5. The molecule has 1 fully saturated rings. The average Bonchev–Trinajstić information content (AvgIpc) is 3.13. The van der Waals surface area contributed by atoms with Gasteiger partial charge in [0.05, 0.1) is 6.04 Å². The van der Waals surface area contributed by atoms with Crippen LogP contribution in [0.2, 0.25) is 0 Å². The minimum absolute atomic E-state index is 0.0643. The smallest absolute Gasteiger partial charge is 0.274 e. The molecule has 3 heterocycles. The summed E-state index contributed by atoms with van der Waals surface area (Å²) in [6.07, 6.45) is 1.75. The van der Waals surface area contributed by atoms with Crippen LogP contribution in [0.3, 0.4) is 0 Å². The van der Waals surface area contributed by atoms with Crippen LogP contribution in [0.5, 0.6) is 0 Å². The number of nitrogens with one attached hydrogen (secondary N) is 2. The molecule has 0 aliphatic carbocycles. The SMILES string of the molecule is CCCc1c(-c2nc(C3CNCCN3C)no2)[nH]c(C)c1C(C)=O. The first kappa shape index (κ1) is 16.9. The molecule has 2 aromatic heterocycles. The van der Waals surface area contributed by atoms with Gasteiger partial charge in [0.15, 0.2) is 11.6 Å². The molecule has 0 aromatic carbocycles.